The highest BCUT2D eigenvalue weighted by Gasteiger charge is 2.19. The molecule has 1 amide bonds. The Kier molecular flexibility index (Phi) is 6.21. The van der Waals surface area contributed by atoms with Crippen molar-refractivity contribution in [1.29, 1.82) is 0 Å². The average Bonchev–Trinajstić information content (AvgIpc) is 3.29. The number of amides is 1. The van der Waals surface area contributed by atoms with Crippen molar-refractivity contribution in [2.45, 2.75) is 58.7 Å². The summed E-state index contributed by atoms with van der Waals surface area (Å²) in [5.41, 5.74) is 2.30. The first-order valence-electron chi connectivity index (χ1n) is 9.00. The maximum Gasteiger partial charge on any atom is 0.226 e. The van der Waals surface area contributed by atoms with Crippen LogP contribution in [0.2, 0.25) is 0 Å². The predicted octanol–water partition coefficient (Wildman–Crippen LogP) is 4.19. The molecule has 140 valence electrons. The number of rotatable bonds is 7. The lowest BCUT2D eigenvalue weighted by molar-refractivity contribution is -0.116. The van der Waals surface area contributed by atoms with Crippen molar-refractivity contribution < 1.29 is 14.3 Å². The molecule has 0 bridgehead atoms. The van der Waals surface area contributed by atoms with E-state index in [1.807, 2.05) is 26.0 Å². The molecule has 0 saturated carbocycles. The first-order valence-corrected chi connectivity index (χ1v) is 9.82. The number of hydrogen-bond acceptors (Lipinski definition) is 6. The second-order valence-corrected chi connectivity index (χ2v) is 7.63. The number of benzene rings is 1. The van der Waals surface area contributed by atoms with Crippen molar-refractivity contribution >= 4 is 22.4 Å². The molecule has 1 aliphatic heterocycles. The smallest absolute Gasteiger partial charge is 0.226 e. The predicted molar refractivity (Wildman–Crippen MR) is 102 cm³/mol. The number of carbonyl (C=O) groups is 1. The lowest BCUT2D eigenvalue weighted by atomic mass is 10.1. The van der Waals surface area contributed by atoms with Crippen LogP contribution >= 0.6 is 11.3 Å². The van der Waals surface area contributed by atoms with Crippen molar-refractivity contribution in [2.75, 3.05) is 11.9 Å². The standard InChI is InChI=1S/C19H25N3O3S/c1-12-6-4-8-16(13(12)2)25-14(3)18-21-22-19(26-18)20-17(23)10-9-15-7-5-11-24-15/h4,6,8,14-15H,5,7,9-11H2,1-3H3,(H,20,22,23)/t14-,15+/m0/s1. The van der Waals surface area contributed by atoms with Crippen LogP contribution in [0.1, 0.15) is 54.8 Å². The van der Waals surface area contributed by atoms with Crippen molar-refractivity contribution in [3.8, 4) is 5.75 Å². The van der Waals surface area contributed by atoms with Crippen LogP contribution in [0.4, 0.5) is 5.13 Å². The van der Waals surface area contributed by atoms with Crippen LogP contribution in [-0.4, -0.2) is 28.8 Å². The zero-order valence-electron chi connectivity index (χ0n) is 15.4. The second kappa shape index (κ2) is 8.60. The van der Waals surface area contributed by atoms with Gasteiger partial charge in [-0.15, -0.1) is 10.2 Å². The summed E-state index contributed by atoms with van der Waals surface area (Å²) in [4.78, 5) is 12.1. The molecule has 1 aliphatic rings. The third-order valence-electron chi connectivity index (χ3n) is 4.61. The summed E-state index contributed by atoms with van der Waals surface area (Å²) in [6.45, 7) is 6.84. The Morgan fingerprint density at radius 2 is 2.27 bits per heavy atom. The summed E-state index contributed by atoms with van der Waals surface area (Å²) in [5.74, 6) is 0.793. The van der Waals surface area contributed by atoms with Gasteiger partial charge in [-0.2, -0.15) is 0 Å². The Labute approximate surface area is 157 Å². The number of anilines is 1. The van der Waals surface area contributed by atoms with Gasteiger partial charge in [0.05, 0.1) is 6.10 Å². The minimum atomic E-state index is -0.231. The number of nitrogens with zero attached hydrogens (tertiary/aromatic N) is 2. The Morgan fingerprint density at radius 1 is 1.42 bits per heavy atom. The molecule has 6 nitrogen and oxygen atoms in total. The Morgan fingerprint density at radius 3 is 3.04 bits per heavy atom. The van der Waals surface area contributed by atoms with Crippen molar-refractivity contribution in [1.82, 2.24) is 10.2 Å². The van der Waals surface area contributed by atoms with Gasteiger partial charge in [0.25, 0.3) is 0 Å². The number of ether oxygens (including phenoxy) is 2. The highest BCUT2D eigenvalue weighted by atomic mass is 32.1. The van der Waals surface area contributed by atoms with Gasteiger partial charge in [0.15, 0.2) is 5.01 Å². The fraction of sp³-hybridized carbons (Fsp3) is 0.526. The summed E-state index contributed by atoms with van der Waals surface area (Å²) in [7, 11) is 0. The summed E-state index contributed by atoms with van der Waals surface area (Å²) in [5, 5.41) is 12.3. The number of carbonyl (C=O) groups excluding carboxylic acids is 1. The van der Waals surface area contributed by atoms with Crippen LogP contribution < -0.4 is 10.1 Å². The minimum absolute atomic E-state index is 0.0497. The van der Waals surface area contributed by atoms with E-state index in [0.717, 1.165) is 42.2 Å². The highest BCUT2D eigenvalue weighted by Crippen LogP contribution is 2.29. The molecule has 0 spiro atoms. The van der Waals surface area contributed by atoms with Crippen LogP contribution in [0.25, 0.3) is 0 Å². The van der Waals surface area contributed by atoms with Crippen LogP contribution in [0.3, 0.4) is 0 Å². The van der Waals surface area contributed by atoms with Crippen molar-refractivity contribution in [3.63, 3.8) is 0 Å². The zero-order chi connectivity index (χ0) is 18.5. The summed E-state index contributed by atoms with van der Waals surface area (Å²) >= 11 is 1.35. The van der Waals surface area contributed by atoms with E-state index in [-0.39, 0.29) is 18.1 Å². The molecule has 2 aromatic rings. The molecule has 26 heavy (non-hydrogen) atoms. The first kappa shape index (κ1) is 18.8. The molecular weight excluding hydrogens is 350 g/mol. The second-order valence-electron chi connectivity index (χ2n) is 6.63. The van der Waals surface area contributed by atoms with Crippen LogP contribution in [0.5, 0.6) is 5.75 Å². The lowest BCUT2D eigenvalue weighted by Crippen LogP contribution is -2.15. The molecule has 2 atom stereocenters. The van der Waals surface area contributed by atoms with E-state index in [2.05, 4.69) is 28.5 Å². The van der Waals surface area contributed by atoms with Gasteiger partial charge in [-0.3, -0.25) is 4.79 Å². The molecule has 0 aliphatic carbocycles. The minimum Gasteiger partial charge on any atom is -0.483 e. The molecule has 1 aromatic carbocycles. The van der Waals surface area contributed by atoms with E-state index in [1.165, 1.54) is 16.9 Å². The third-order valence-corrected chi connectivity index (χ3v) is 5.61. The fourth-order valence-electron chi connectivity index (χ4n) is 2.89. The van der Waals surface area contributed by atoms with E-state index in [0.29, 0.717) is 11.6 Å². The molecule has 1 saturated heterocycles. The number of aryl methyl sites for hydroxylation is 1. The van der Waals surface area contributed by atoms with Gasteiger partial charge in [-0.25, -0.2) is 0 Å². The van der Waals surface area contributed by atoms with E-state index >= 15 is 0 Å². The topological polar surface area (TPSA) is 73.3 Å². The number of hydrogen-bond donors (Lipinski definition) is 1. The average molecular weight is 375 g/mol. The summed E-state index contributed by atoms with van der Waals surface area (Å²) in [6, 6.07) is 5.99. The molecule has 0 radical (unpaired) electrons. The van der Waals surface area contributed by atoms with Gasteiger partial charge < -0.3 is 14.8 Å². The molecule has 1 fully saturated rings. The van der Waals surface area contributed by atoms with Gasteiger partial charge in [0, 0.05) is 13.0 Å². The number of nitrogens with one attached hydrogen (secondary N) is 1. The van der Waals surface area contributed by atoms with E-state index in [4.69, 9.17) is 9.47 Å². The normalized spacial score (nSPS) is 17.9. The highest BCUT2D eigenvalue weighted by molar-refractivity contribution is 7.15. The zero-order valence-corrected chi connectivity index (χ0v) is 16.3. The SMILES string of the molecule is Cc1cccc(O[C@@H](C)c2nnc(NC(=O)CC[C@H]3CCCO3)s2)c1C. The summed E-state index contributed by atoms with van der Waals surface area (Å²) in [6.07, 6.45) is 3.31. The first-order chi connectivity index (χ1) is 12.5. The third kappa shape index (κ3) is 4.80. The van der Waals surface area contributed by atoms with Gasteiger partial charge >= 0.3 is 0 Å². The molecule has 3 rings (SSSR count). The van der Waals surface area contributed by atoms with E-state index < -0.39 is 0 Å². The van der Waals surface area contributed by atoms with Gasteiger partial charge in [-0.1, -0.05) is 23.5 Å². The van der Waals surface area contributed by atoms with Crippen LogP contribution in [0.15, 0.2) is 18.2 Å². The van der Waals surface area contributed by atoms with Crippen LogP contribution in [-0.2, 0) is 9.53 Å². The number of aromatic nitrogens is 2. The quantitative estimate of drug-likeness (QED) is 0.785. The lowest BCUT2D eigenvalue weighted by Gasteiger charge is -2.15. The summed E-state index contributed by atoms with van der Waals surface area (Å²) < 4.78 is 11.6. The van der Waals surface area contributed by atoms with Gasteiger partial charge in [-0.05, 0) is 57.2 Å². The molecule has 7 heteroatoms. The molecule has 2 heterocycles. The molecule has 1 aromatic heterocycles. The largest absolute Gasteiger partial charge is 0.483 e. The monoisotopic (exact) mass is 375 g/mol. The van der Waals surface area contributed by atoms with Crippen molar-refractivity contribution in [2.24, 2.45) is 0 Å². The Balaban J connectivity index is 1.53. The Bertz CT molecular complexity index is 756. The molecule has 1 N–H and O–H groups in total. The van der Waals surface area contributed by atoms with Crippen LogP contribution in [0, 0.1) is 13.8 Å². The van der Waals surface area contributed by atoms with E-state index in [1.54, 1.807) is 0 Å². The van der Waals surface area contributed by atoms with Crippen molar-refractivity contribution in [3.05, 3.63) is 34.3 Å². The van der Waals surface area contributed by atoms with Gasteiger partial charge in [0.1, 0.15) is 11.9 Å². The fourth-order valence-corrected chi connectivity index (χ4v) is 3.63. The molecule has 0 unspecified atom stereocenters. The Hall–Kier alpha value is -1.99. The van der Waals surface area contributed by atoms with E-state index in [9.17, 15) is 4.79 Å². The maximum absolute atomic E-state index is 12.1. The maximum atomic E-state index is 12.1. The van der Waals surface area contributed by atoms with Gasteiger partial charge in [0.2, 0.25) is 11.0 Å². The molecular formula is C19H25N3O3S.